The van der Waals surface area contributed by atoms with Crippen LogP contribution in [-0.2, 0) is 0 Å². The van der Waals surface area contributed by atoms with Gasteiger partial charge in [-0.25, -0.2) is 9.37 Å². The number of carbonyl (C=O) groups excluding carboxylic acids is 1. The Morgan fingerprint density at radius 3 is 2.72 bits per heavy atom. The molecule has 0 radical (unpaired) electrons. The Bertz CT molecular complexity index is 929. The van der Waals surface area contributed by atoms with Crippen molar-refractivity contribution in [1.29, 1.82) is 0 Å². The van der Waals surface area contributed by atoms with E-state index in [0.717, 1.165) is 0 Å². The van der Waals surface area contributed by atoms with Gasteiger partial charge in [0.05, 0.1) is 12.1 Å². The highest BCUT2D eigenvalue weighted by atomic mass is 35.5. The standard InChI is InChI=1S/C18H14ClFN2O2S/c1-22(11-7-8-16(24-2)13(19)9-11)18(23)15-10-25-17(21-15)12-5-3-4-6-14(12)20/h3-10H,1-2H3. The van der Waals surface area contributed by atoms with Crippen LogP contribution in [0.3, 0.4) is 0 Å². The molecule has 1 amide bonds. The average Bonchev–Trinajstić information content (AvgIpc) is 3.10. The van der Waals surface area contributed by atoms with Crippen LogP contribution in [-0.4, -0.2) is 25.0 Å². The lowest BCUT2D eigenvalue weighted by Crippen LogP contribution is -2.26. The number of hydrogen-bond donors (Lipinski definition) is 0. The fraction of sp³-hybridized carbons (Fsp3) is 0.111. The van der Waals surface area contributed by atoms with Crippen LogP contribution in [0.15, 0.2) is 47.8 Å². The molecular formula is C18H14ClFN2O2S. The van der Waals surface area contributed by atoms with Crippen molar-refractivity contribution in [3.05, 3.63) is 64.4 Å². The lowest BCUT2D eigenvalue weighted by molar-refractivity contribution is 0.0989. The maximum atomic E-state index is 13.9. The van der Waals surface area contributed by atoms with Crippen LogP contribution in [0.2, 0.25) is 5.02 Å². The zero-order chi connectivity index (χ0) is 18.0. The van der Waals surface area contributed by atoms with Crippen LogP contribution in [0.5, 0.6) is 5.75 Å². The van der Waals surface area contributed by atoms with Crippen LogP contribution in [0.25, 0.3) is 10.6 Å². The van der Waals surface area contributed by atoms with Gasteiger partial charge in [0.25, 0.3) is 5.91 Å². The highest BCUT2D eigenvalue weighted by Crippen LogP contribution is 2.30. The molecule has 7 heteroatoms. The Labute approximate surface area is 153 Å². The van der Waals surface area contributed by atoms with E-state index < -0.39 is 0 Å². The molecule has 4 nitrogen and oxygen atoms in total. The molecule has 0 N–H and O–H groups in total. The van der Waals surface area contributed by atoms with Crippen molar-refractivity contribution in [3.8, 4) is 16.3 Å². The second-order valence-corrected chi connectivity index (χ2v) is 6.47. The summed E-state index contributed by atoms with van der Waals surface area (Å²) in [6, 6.07) is 11.4. The molecule has 2 aromatic carbocycles. The van der Waals surface area contributed by atoms with Gasteiger partial charge in [0.2, 0.25) is 0 Å². The van der Waals surface area contributed by atoms with Crippen molar-refractivity contribution < 1.29 is 13.9 Å². The summed E-state index contributed by atoms with van der Waals surface area (Å²) in [4.78, 5) is 18.4. The summed E-state index contributed by atoms with van der Waals surface area (Å²) in [6.45, 7) is 0. The molecule has 0 bridgehead atoms. The fourth-order valence-corrected chi connectivity index (χ4v) is 3.36. The molecule has 0 saturated heterocycles. The van der Waals surface area contributed by atoms with E-state index in [0.29, 0.717) is 27.0 Å². The van der Waals surface area contributed by atoms with Crippen molar-refractivity contribution in [3.63, 3.8) is 0 Å². The van der Waals surface area contributed by atoms with Gasteiger partial charge >= 0.3 is 0 Å². The minimum Gasteiger partial charge on any atom is -0.495 e. The number of ether oxygens (including phenoxy) is 1. The number of benzene rings is 2. The number of amides is 1. The van der Waals surface area contributed by atoms with Gasteiger partial charge in [-0.15, -0.1) is 11.3 Å². The maximum absolute atomic E-state index is 13.9. The van der Waals surface area contributed by atoms with Crippen molar-refractivity contribution in [2.45, 2.75) is 0 Å². The van der Waals surface area contributed by atoms with Crippen LogP contribution >= 0.6 is 22.9 Å². The summed E-state index contributed by atoms with van der Waals surface area (Å²) < 4.78 is 19.0. The second-order valence-electron chi connectivity index (χ2n) is 5.20. The summed E-state index contributed by atoms with van der Waals surface area (Å²) >= 11 is 7.33. The van der Waals surface area contributed by atoms with Gasteiger partial charge in [-0.1, -0.05) is 23.7 Å². The van der Waals surface area contributed by atoms with Gasteiger partial charge < -0.3 is 9.64 Å². The third kappa shape index (κ3) is 3.50. The van der Waals surface area contributed by atoms with E-state index in [-0.39, 0.29) is 17.4 Å². The van der Waals surface area contributed by atoms with Gasteiger partial charge in [-0.05, 0) is 30.3 Å². The lowest BCUT2D eigenvalue weighted by Gasteiger charge is -2.17. The number of hydrogen-bond acceptors (Lipinski definition) is 4. The minimum absolute atomic E-state index is 0.248. The first kappa shape index (κ1) is 17.4. The van der Waals surface area contributed by atoms with E-state index in [4.69, 9.17) is 16.3 Å². The van der Waals surface area contributed by atoms with Crippen LogP contribution < -0.4 is 9.64 Å². The smallest absolute Gasteiger partial charge is 0.277 e. The zero-order valence-corrected chi connectivity index (χ0v) is 15.1. The normalized spacial score (nSPS) is 10.6. The largest absolute Gasteiger partial charge is 0.495 e. The molecule has 3 aromatic rings. The number of halogens is 2. The van der Waals surface area contributed by atoms with Crippen molar-refractivity contribution >= 4 is 34.5 Å². The van der Waals surface area contributed by atoms with Crippen LogP contribution in [0.1, 0.15) is 10.5 Å². The molecular weight excluding hydrogens is 363 g/mol. The van der Waals surface area contributed by atoms with E-state index in [1.54, 1.807) is 48.8 Å². The number of nitrogens with zero attached hydrogens (tertiary/aromatic N) is 2. The molecule has 128 valence electrons. The van der Waals surface area contributed by atoms with E-state index >= 15 is 0 Å². The molecule has 0 atom stereocenters. The Kier molecular flexibility index (Phi) is 5.01. The molecule has 0 aliphatic rings. The number of thiazole rings is 1. The van der Waals surface area contributed by atoms with E-state index in [1.165, 1.54) is 29.4 Å². The van der Waals surface area contributed by atoms with Crippen molar-refractivity contribution in [2.75, 3.05) is 19.1 Å². The summed E-state index contributed by atoms with van der Waals surface area (Å²) in [7, 11) is 3.15. The number of methoxy groups -OCH3 is 1. The highest BCUT2D eigenvalue weighted by Gasteiger charge is 2.19. The summed E-state index contributed by atoms with van der Waals surface area (Å²) in [5.74, 6) is -0.145. The van der Waals surface area contributed by atoms with Crippen molar-refractivity contribution in [1.82, 2.24) is 4.98 Å². The molecule has 0 aliphatic carbocycles. The summed E-state index contributed by atoms with van der Waals surface area (Å²) in [5.41, 5.74) is 1.23. The molecule has 1 aromatic heterocycles. The van der Waals surface area contributed by atoms with Gasteiger partial charge in [0.1, 0.15) is 22.3 Å². The lowest BCUT2D eigenvalue weighted by atomic mass is 10.2. The molecule has 0 saturated carbocycles. The quantitative estimate of drug-likeness (QED) is 0.651. The Morgan fingerprint density at radius 1 is 1.28 bits per heavy atom. The number of carbonyl (C=O) groups is 1. The third-order valence-corrected chi connectivity index (χ3v) is 4.83. The van der Waals surface area contributed by atoms with Gasteiger partial charge in [-0.3, -0.25) is 4.79 Å². The molecule has 3 rings (SSSR count). The SMILES string of the molecule is COc1ccc(N(C)C(=O)c2csc(-c3ccccc3F)n2)cc1Cl. The van der Waals surface area contributed by atoms with Crippen molar-refractivity contribution in [2.24, 2.45) is 0 Å². The molecule has 0 fully saturated rings. The van der Waals surface area contributed by atoms with Crippen LogP contribution in [0, 0.1) is 5.82 Å². The second kappa shape index (κ2) is 7.21. The molecule has 0 unspecified atom stereocenters. The van der Waals surface area contributed by atoms with Gasteiger partial charge in [-0.2, -0.15) is 0 Å². The third-order valence-electron chi connectivity index (χ3n) is 3.65. The average molecular weight is 377 g/mol. The first-order valence-corrected chi connectivity index (χ1v) is 8.59. The van der Waals surface area contributed by atoms with E-state index in [1.807, 2.05) is 0 Å². The van der Waals surface area contributed by atoms with E-state index in [9.17, 15) is 9.18 Å². The first-order chi connectivity index (χ1) is 12.0. The summed E-state index contributed by atoms with van der Waals surface area (Å²) in [5, 5.41) is 2.48. The maximum Gasteiger partial charge on any atom is 0.277 e. The van der Waals surface area contributed by atoms with E-state index in [2.05, 4.69) is 4.98 Å². The van der Waals surface area contributed by atoms with Gasteiger partial charge in [0.15, 0.2) is 0 Å². The molecule has 0 spiro atoms. The number of rotatable bonds is 4. The Morgan fingerprint density at radius 2 is 2.04 bits per heavy atom. The predicted molar refractivity (Wildman–Crippen MR) is 98.2 cm³/mol. The predicted octanol–water partition coefficient (Wildman–Crippen LogP) is 4.89. The minimum atomic E-state index is -0.369. The Hall–Kier alpha value is -2.44. The molecule has 0 aliphatic heterocycles. The number of aromatic nitrogens is 1. The molecule has 1 heterocycles. The summed E-state index contributed by atoms with van der Waals surface area (Å²) in [6.07, 6.45) is 0. The monoisotopic (exact) mass is 376 g/mol. The fourth-order valence-electron chi connectivity index (χ4n) is 2.28. The van der Waals surface area contributed by atoms with Crippen LogP contribution in [0.4, 0.5) is 10.1 Å². The topological polar surface area (TPSA) is 42.4 Å². The molecule has 25 heavy (non-hydrogen) atoms. The number of anilines is 1. The Balaban J connectivity index is 1.86. The highest BCUT2D eigenvalue weighted by molar-refractivity contribution is 7.13. The zero-order valence-electron chi connectivity index (χ0n) is 13.5. The first-order valence-electron chi connectivity index (χ1n) is 7.33. The van der Waals surface area contributed by atoms with Gasteiger partial charge in [0, 0.05) is 23.7 Å².